The smallest absolute Gasteiger partial charge is 0.306 e. The van der Waals surface area contributed by atoms with Crippen LogP contribution in [-0.4, -0.2) is 6.61 Å². The van der Waals surface area contributed by atoms with Gasteiger partial charge in [0.15, 0.2) is 0 Å². The maximum atomic E-state index is 10.7. The van der Waals surface area contributed by atoms with Gasteiger partial charge in [0.05, 0.1) is 6.61 Å². The van der Waals surface area contributed by atoms with Gasteiger partial charge >= 0.3 is 6.07 Å². The third-order valence-corrected chi connectivity index (χ3v) is 3.31. The van der Waals surface area contributed by atoms with Crippen LogP contribution in [0.5, 0.6) is 0 Å². The molecule has 0 aromatic carbocycles. The molecule has 5 heteroatoms. The number of hydrogen-bond acceptors (Lipinski definition) is 2. The zero-order chi connectivity index (χ0) is 9.03. The Morgan fingerprint density at radius 3 is 2.42 bits per heavy atom. The molecule has 0 aliphatic heterocycles. The van der Waals surface area contributed by atoms with Gasteiger partial charge in [0.1, 0.15) is 0 Å². The number of rotatable bonds is 4. The molecule has 72 valence electrons. The van der Waals surface area contributed by atoms with Gasteiger partial charge in [-0.2, -0.15) is 0 Å². The minimum absolute atomic E-state index is 0.426. The highest BCUT2D eigenvalue weighted by Crippen LogP contribution is 2.57. The summed E-state index contributed by atoms with van der Waals surface area (Å²) in [6.45, 7) is 0.426. The van der Waals surface area contributed by atoms with Crippen molar-refractivity contribution in [1.82, 2.24) is 0 Å². The average Bonchev–Trinajstić information content (AvgIpc) is 2.36. The standard InChI is InChI=1S/C7H13Cl2O2P/c8-12(9,10)11-6-5-7-3-1-2-4-7/h7H,1-6H2. The highest BCUT2D eigenvalue weighted by Gasteiger charge is 2.18. The molecule has 0 heterocycles. The van der Waals surface area contributed by atoms with Crippen molar-refractivity contribution in [3.63, 3.8) is 0 Å². The lowest BCUT2D eigenvalue weighted by molar-refractivity contribution is 0.293. The lowest BCUT2D eigenvalue weighted by Crippen LogP contribution is -1.98. The summed E-state index contributed by atoms with van der Waals surface area (Å²) in [5.41, 5.74) is 0. The van der Waals surface area contributed by atoms with E-state index in [0.717, 1.165) is 12.3 Å². The highest BCUT2D eigenvalue weighted by atomic mass is 35.9. The highest BCUT2D eigenvalue weighted by molar-refractivity contribution is 8.05. The van der Waals surface area contributed by atoms with Crippen LogP contribution in [0.25, 0.3) is 0 Å². The molecule has 1 fully saturated rings. The van der Waals surface area contributed by atoms with E-state index < -0.39 is 6.07 Å². The number of halogens is 2. The zero-order valence-corrected chi connectivity index (χ0v) is 9.25. The zero-order valence-electron chi connectivity index (χ0n) is 6.84. The van der Waals surface area contributed by atoms with Crippen LogP contribution in [0.3, 0.4) is 0 Å². The predicted octanol–water partition coefficient (Wildman–Crippen LogP) is 4.17. The summed E-state index contributed by atoms with van der Waals surface area (Å²) in [7, 11) is 0. The molecule has 0 atom stereocenters. The van der Waals surface area contributed by atoms with Crippen molar-refractivity contribution in [3.05, 3.63) is 0 Å². The van der Waals surface area contributed by atoms with Crippen LogP contribution in [0.1, 0.15) is 32.1 Å². The van der Waals surface area contributed by atoms with Crippen molar-refractivity contribution in [2.45, 2.75) is 32.1 Å². The van der Waals surface area contributed by atoms with Gasteiger partial charge in [0, 0.05) is 0 Å². The van der Waals surface area contributed by atoms with Crippen molar-refractivity contribution in [2.75, 3.05) is 6.61 Å². The Morgan fingerprint density at radius 1 is 1.33 bits per heavy atom. The topological polar surface area (TPSA) is 26.3 Å². The first-order valence-electron chi connectivity index (χ1n) is 4.22. The fourth-order valence-electron chi connectivity index (χ4n) is 1.62. The van der Waals surface area contributed by atoms with Crippen LogP contribution in [0.2, 0.25) is 0 Å². The fraction of sp³-hybridized carbons (Fsp3) is 1.00. The molecule has 0 radical (unpaired) electrons. The first-order valence-corrected chi connectivity index (χ1v) is 7.65. The first-order chi connectivity index (χ1) is 5.58. The fourth-order valence-corrected chi connectivity index (χ4v) is 2.36. The van der Waals surface area contributed by atoms with Crippen LogP contribution < -0.4 is 0 Å². The lowest BCUT2D eigenvalue weighted by atomic mass is 10.1. The molecule has 1 aliphatic carbocycles. The van der Waals surface area contributed by atoms with E-state index >= 15 is 0 Å². The molecule has 1 aliphatic rings. The molecule has 12 heavy (non-hydrogen) atoms. The van der Waals surface area contributed by atoms with Crippen LogP contribution in [0.15, 0.2) is 0 Å². The normalized spacial score (nSPS) is 20.2. The minimum atomic E-state index is -3.28. The summed E-state index contributed by atoms with van der Waals surface area (Å²) in [6.07, 6.45) is 2.80. The van der Waals surface area contributed by atoms with Gasteiger partial charge in [-0.3, -0.25) is 4.57 Å². The molecule has 0 aromatic rings. The molecule has 0 amide bonds. The Kier molecular flexibility index (Phi) is 4.39. The van der Waals surface area contributed by atoms with Crippen LogP contribution in [0, 0.1) is 5.92 Å². The summed E-state index contributed by atoms with van der Waals surface area (Å²) in [6, 6.07) is 0. The molecule has 0 spiro atoms. The van der Waals surface area contributed by atoms with Gasteiger partial charge in [-0.15, -0.1) is 0 Å². The molecule has 0 saturated heterocycles. The molecule has 0 unspecified atom stereocenters. The molecule has 0 N–H and O–H groups in total. The van der Waals surface area contributed by atoms with E-state index in [-0.39, 0.29) is 0 Å². The maximum absolute atomic E-state index is 10.7. The third kappa shape index (κ3) is 4.71. The van der Waals surface area contributed by atoms with Crippen molar-refractivity contribution in [3.8, 4) is 0 Å². The second-order valence-corrected chi connectivity index (χ2v) is 7.46. The van der Waals surface area contributed by atoms with Crippen LogP contribution >= 0.6 is 28.6 Å². The molecule has 1 saturated carbocycles. The summed E-state index contributed by atoms with van der Waals surface area (Å²) in [4.78, 5) is 0. The molecular weight excluding hydrogens is 218 g/mol. The molecule has 0 aromatic heterocycles. The summed E-state index contributed by atoms with van der Waals surface area (Å²) >= 11 is 10.4. The van der Waals surface area contributed by atoms with E-state index in [1.807, 2.05) is 0 Å². The van der Waals surface area contributed by atoms with Gasteiger partial charge in [0.25, 0.3) is 0 Å². The van der Waals surface area contributed by atoms with Crippen molar-refractivity contribution >= 4 is 28.6 Å². The largest absolute Gasteiger partial charge is 0.380 e. The number of hydrogen-bond donors (Lipinski definition) is 0. The maximum Gasteiger partial charge on any atom is 0.380 e. The summed E-state index contributed by atoms with van der Waals surface area (Å²) in [5.74, 6) is 0.727. The lowest BCUT2D eigenvalue weighted by Gasteiger charge is -2.08. The van der Waals surface area contributed by atoms with Gasteiger partial charge in [-0.25, -0.2) is 0 Å². The van der Waals surface area contributed by atoms with E-state index in [0.29, 0.717) is 6.61 Å². The Bertz CT molecular complexity index is 174. The van der Waals surface area contributed by atoms with E-state index in [2.05, 4.69) is 0 Å². The van der Waals surface area contributed by atoms with E-state index in [1.165, 1.54) is 25.7 Å². The Hall–Kier alpha value is 0.770. The van der Waals surface area contributed by atoms with E-state index in [1.54, 1.807) is 0 Å². The predicted molar refractivity (Wildman–Crippen MR) is 51.8 cm³/mol. The van der Waals surface area contributed by atoms with Crippen LogP contribution in [0.4, 0.5) is 0 Å². The third-order valence-electron chi connectivity index (χ3n) is 2.24. The Morgan fingerprint density at radius 2 is 1.92 bits per heavy atom. The molecule has 2 nitrogen and oxygen atoms in total. The second-order valence-electron chi connectivity index (χ2n) is 3.19. The molecule has 1 rings (SSSR count). The van der Waals surface area contributed by atoms with Crippen molar-refractivity contribution < 1.29 is 9.09 Å². The van der Waals surface area contributed by atoms with Crippen molar-refractivity contribution in [2.24, 2.45) is 5.92 Å². The van der Waals surface area contributed by atoms with Crippen molar-refractivity contribution in [1.29, 1.82) is 0 Å². The Labute approximate surface area is 82.6 Å². The molecular formula is C7H13Cl2O2P. The minimum Gasteiger partial charge on any atom is -0.306 e. The van der Waals surface area contributed by atoms with E-state index in [9.17, 15) is 4.57 Å². The Balaban J connectivity index is 2.05. The summed E-state index contributed by atoms with van der Waals surface area (Å²) < 4.78 is 15.5. The van der Waals surface area contributed by atoms with Gasteiger partial charge in [-0.1, -0.05) is 25.7 Å². The first kappa shape index (κ1) is 10.8. The monoisotopic (exact) mass is 230 g/mol. The SMILES string of the molecule is O=P(Cl)(Cl)OCCC1CCCC1. The van der Waals surface area contributed by atoms with E-state index in [4.69, 9.17) is 27.0 Å². The second kappa shape index (κ2) is 4.85. The quantitative estimate of drug-likeness (QED) is 0.678. The van der Waals surface area contributed by atoms with Gasteiger partial charge in [-0.05, 0) is 34.8 Å². The molecule has 0 bridgehead atoms. The summed E-state index contributed by atoms with van der Waals surface area (Å²) in [5, 5.41) is 0. The van der Waals surface area contributed by atoms with Gasteiger partial charge in [0.2, 0.25) is 0 Å². The average molecular weight is 231 g/mol. The van der Waals surface area contributed by atoms with Gasteiger partial charge < -0.3 is 4.52 Å². The van der Waals surface area contributed by atoms with Crippen LogP contribution in [-0.2, 0) is 9.09 Å².